The smallest absolute Gasteiger partial charge is 0.291 e. The molecule has 3 aromatic rings. The van der Waals surface area contributed by atoms with E-state index in [4.69, 9.17) is 9.25 Å². The monoisotopic (exact) mass is 316 g/mol. The molecule has 1 amide bonds. The van der Waals surface area contributed by atoms with Crippen LogP contribution in [0.2, 0.25) is 0 Å². The van der Waals surface area contributed by atoms with Gasteiger partial charge in [0.25, 0.3) is 5.91 Å². The summed E-state index contributed by atoms with van der Waals surface area (Å²) in [6, 6.07) is 9.81. The molecule has 1 N–H and O–H groups in total. The van der Waals surface area contributed by atoms with Gasteiger partial charge in [0.05, 0.1) is 12.1 Å². The summed E-state index contributed by atoms with van der Waals surface area (Å²) in [4.78, 5) is 17.2. The van der Waals surface area contributed by atoms with Gasteiger partial charge in [0, 0.05) is 18.7 Å². The van der Waals surface area contributed by atoms with E-state index < -0.39 is 0 Å². The lowest BCUT2D eigenvalue weighted by Crippen LogP contribution is -2.26. The number of hydrogen-bond donors (Lipinski definition) is 1. The van der Waals surface area contributed by atoms with Gasteiger partial charge < -0.3 is 8.98 Å². The average molecular weight is 316 g/mol. The Hall–Kier alpha value is -2.60. The number of aromatic nitrogens is 1. The second-order valence-electron chi connectivity index (χ2n) is 5.22. The highest BCUT2D eigenvalue weighted by molar-refractivity contribution is 5.97. The van der Waals surface area contributed by atoms with Gasteiger partial charge in [-0.15, -0.1) is 0 Å². The first kappa shape index (κ1) is 15.3. The minimum absolute atomic E-state index is 0.311. The molecule has 5 nitrogen and oxygen atoms in total. The lowest BCUT2D eigenvalue weighted by atomic mass is 10.2. The first-order valence-electron chi connectivity index (χ1n) is 7.34. The standard InChI is InChI=1S/C17H17FN2O3/c1-3-22-19-17(21)15-9-16-14(7-11(2)23-16)20(15)10-12-5-4-6-13(18)8-12/h4-9H,3,10H2,1-2H3,(H,19,21). The highest BCUT2D eigenvalue weighted by atomic mass is 19.1. The molecule has 0 radical (unpaired) electrons. The number of amides is 1. The molecule has 1 aromatic carbocycles. The van der Waals surface area contributed by atoms with Crippen molar-refractivity contribution in [3.8, 4) is 0 Å². The zero-order valence-electron chi connectivity index (χ0n) is 12.9. The van der Waals surface area contributed by atoms with E-state index >= 15 is 0 Å². The van der Waals surface area contributed by atoms with Gasteiger partial charge in [-0.25, -0.2) is 9.87 Å². The van der Waals surface area contributed by atoms with Crippen LogP contribution in [0.4, 0.5) is 4.39 Å². The van der Waals surface area contributed by atoms with E-state index in [9.17, 15) is 9.18 Å². The van der Waals surface area contributed by atoms with Gasteiger partial charge in [0.2, 0.25) is 0 Å². The third-order valence-corrected chi connectivity index (χ3v) is 3.48. The number of rotatable bonds is 5. The number of carbonyl (C=O) groups excluding carboxylic acids is 1. The Bertz CT molecular complexity index is 851. The van der Waals surface area contributed by atoms with E-state index in [1.807, 2.05) is 19.1 Å². The van der Waals surface area contributed by atoms with Crippen LogP contribution in [0, 0.1) is 12.7 Å². The number of carbonyl (C=O) groups is 1. The summed E-state index contributed by atoms with van der Waals surface area (Å²) in [5.74, 6) is 0.0710. The number of aryl methyl sites for hydroxylation is 1. The fourth-order valence-electron chi connectivity index (χ4n) is 2.53. The fourth-order valence-corrected chi connectivity index (χ4v) is 2.53. The number of benzene rings is 1. The lowest BCUT2D eigenvalue weighted by Gasteiger charge is -2.10. The van der Waals surface area contributed by atoms with Gasteiger partial charge in [-0.05, 0) is 31.5 Å². The molecule has 0 fully saturated rings. The highest BCUT2D eigenvalue weighted by Crippen LogP contribution is 2.25. The first-order valence-corrected chi connectivity index (χ1v) is 7.34. The molecule has 2 aromatic heterocycles. The van der Waals surface area contributed by atoms with E-state index in [0.29, 0.717) is 24.4 Å². The van der Waals surface area contributed by atoms with E-state index in [1.165, 1.54) is 12.1 Å². The van der Waals surface area contributed by atoms with Crippen molar-refractivity contribution in [1.82, 2.24) is 10.0 Å². The SMILES string of the molecule is CCONC(=O)c1cc2oc(C)cc2n1Cc1cccc(F)c1. The van der Waals surface area contributed by atoms with Gasteiger partial charge in [-0.1, -0.05) is 12.1 Å². The maximum atomic E-state index is 13.4. The molecule has 0 unspecified atom stereocenters. The lowest BCUT2D eigenvalue weighted by molar-refractivity contribution is 0.0357. The number of nitrogens with one attached hydrogen (secondary N) is 1. The van der Waals surface area contributed by atoms with Crippen LogP contribution in [0.1, 0.15) is 28.7 Å². The van der Waals surface area contributed by atoms with Crippen molar-refractivity contribution >= 4 is 17.0 Å². The van der Waals surface area contributed by atoms with Gasteiger partial charge in [0.1, 0.15) is 17.3 Å². The molecule has 23 heavy (non-hydrogen) atoms. The normalized spacial score (nSPS) is 11.1. The number of nitrogens with zero attached hydrogens (tertiary/aromatic N) is 1. The van der Waals surface area contributed by atoms with Crippen molar-refractivity contribution in [2.24, 2.45) is 0 Å². The van der Waals surface area contributed by atoms with E-state index in [0.717, 1.165) is 16.8 Å². The van der Waals surface area contributed by atoms with Gasteiger partial charge in [-0.2, -0.15) is 0 Å². The number of furan rings is 1. The van der Waals surface area contributed by atoms with Crippen LogP contribution in [0.25, 0.3) is 11.1 Å². The van der Waals surface area contributed by atoms with Crippen LogP contribution in [0.3, 0.4) is 0 Å². The number of hydroxylamine groups is 1. The Labute approximate surface area is 132 Å². The molecule has 0 saturated carbocycles. The van der Waals surface area contributed by atoms with Crippen molar-refractivity contribution in [3.05, 3.63) is 59.2 Å². The molecule has 0 atom stereocenters. The van der Waals surface area contributed by atoms with Crippen LogP contribution >= 0.6 is 0 Å². The summed E-state index contributed by atoms with van der Waals surface area (Å²) < 4.78 is 20.8. The minimum atomic E-state index is -0.368. The molecule has 0 saturated heterocycles. The quantitative estimate of drug-likeness (QED) is 0.734. The van der Waals surface area contributed by atoms with Crippen molar-refractivity contribution in [2.45, 2.75) is 20.4 Å². The van der Waals surface area contributed by atoms with Crippen LogP contribution in [0.5, 0.6) is 0 Å². The fraction of sp³-hybridized carbons (Fsp3) is 0.235. The topological polar surface area (TPSA) is 56.4 Å². The average Bonchev–Trinajstić information content (AvgIpc) is 3.02. The highest BCUT2D eigenvalue weighted by Gasteiger charge is 2.18. The van der Waals surface area contributed by atoms with Gasteiger partial charge >= 0.3 is 0 Å². The first-order chi connectivity index (χ1) is 11.1. The molecule has 3 rings (SSSR count). The molecule has 0 aliphatic rings. The molecular weight excluding hydrogens is 299 g/mol. The van der Waals surface area contributed by atoms with Crippen LogP contribution in [-0.2, 0) is 11.4 Å². The van der Waals surface area contributed by atoms with Crippen LogP contribution in [0.15, 0.2) is 40.8 Å². The number of fused-ring (bicyclic) bond motifs is 1. The Morgan fingerprint density at radius 2 is 2.17 bits per heavy atom. The molecule has 120 valence electrons. The zero-order chi connectivity index (χ0) is 16.4. The predicted molar refractivity (Wildman–Crippen MR) is 83.5 cm³/mol. The van der Waals surface area contributed by atoms with Crippen molar-refractivity contribution < 1.29 is 18.4 Å². The maximum Gasteiger partial charge on any atom is 0.291 e. The molecule has 0 spiro atoms. The number of halogens is 1. The summed E-state index contributed by atoms with van der Waals surface area (Å²) in [7, 11) is 0. The molecule has 0 aliphatic heterocycles. The summed E-state index contributed by atoms with van der Waals surface area (Å²) in [6.45, 7) is 4.34. The van der Waals surface area contributed by atoms with Gasteiger partial charge in [-0.3, -0.25) is 9.63 Å². The third-order valence-electron chi connectivity index (χ3n) is 3.48. The summed E-state index contributed by atoms with van der Waals surface area (Å²) >= 11 is 0. The molecule has 2 heterocycles. The van der Waals surface area contributed by atoms with Crippen molar-refractivity contribution in [3.63, 3.8) is 0 Å². The Morgan fingerprint density at radius 1 is 1.35 bits per heavy atom. The Kier molecular flexibility index (Phi) is 4.16. The molecule has 0 bridgehead atoms. The number of hydrogen-bond acceptors (Lipinski definition) is 3. The van der Waals surface area contributed by atoms with E-state index in [-0.39, 0.29) is 11.7 Å². The summed E-state index contributed by atoms with van der Waals surface area (Å²) in [6.07, 6.45) is 0. The van der Waals surface area contributed by atoms with Crippen LogP contribution < -0.4 is 5.48 Å². The maximum absolute atomic E-state index is 13.4. The Morgan fingerprint density at radius 3 is 2.91 bits per heavy atom. The predicted octanol–water partition coefficient (Wildman–Crippen LogP) is 3.41. The van der Waals surface area contributed by atoms with Crippen LogP contribution in [-0.4, -0.2) is 17.1 Å². The third kappa shape index (κ3) is 3.12. The molecular formula is C17H17FN2O3. The zero-order valence-corrected chi connectivity index (χ0v) is 12.9. The van der Waals surface area contributed by atoms with Crippen molar-refractivity contribution in [1.29, 1.82) is 0 Å². The van der Waals surface area contributed by atoms with Crippen molar-refractivity contribution in [2.75, 3.05) is 6.61 Å². The second kappa shape index (κ2) is 6.26. The van der Waals surface area contributed by atoms with Gasteiger partial charge in [0.15, 0.2) is 5.58 Å². The summed E-state index contributed by atoms with van der Waals surface area (Å²) in [5, 5.41) is 0. The largest absolute Gasteiger partial charge is 0.460 e. The molecule has 0 aliphatic carbocycles. The second-order valence-corrected chi connectivity index (χ2v) is 5.22. The molecule has 6 heteroatoms. The Balaban J connectivity index is 2.02. The summed E-state index contributed by atoms with van der Waals surface area (Å²) in [5.41, 5.74) is 4.93. The minimum Gasteiger partial charge on any atom is -0.460 e. The van der Waals surface area contributed by atoms with E-state index in [2.05, 4.69) is 5.48 Å². The van der Waals surface area contributed by atoms with E-state index in [1.54, 1.807) is 23.6 Å².